The standard InChI is InChI=1S/C14H17BrF2O/c1-3-13-9(4-5-18-13)14(15)10-7-11(16)8(2)6-12(10)17/h6-7,9,13-14H,3-5H2,1-2H3. The van der Waals surface area contributed by atoms with Crippen molar-refractivity contribution in [1.82, 2.24) is 0 Å². The first-order chi connectivity index (χ1) is 8.54. The Morgan fingerprint density at radius 3 is 2.78 bits per heavy atom. The molecular weight excluding hydrogens is 302 g/mol. The van der Waals surface area contributed by atoms with Gasteiger partial charge in [0.05, 0.1) is 6.10 Å². The zero-order valence-corrected chi connectivity index (χ0v) is 12.1. The number of hydrogen-bond donors (Lipinski definition) is 0. The van der Waals surface area contributed by atoms with Gasteiger partial charge in [-0.25, -0.2) is 8.78 Å². The molecule has 1 aliphatic heterocycles. The van der Waals surface area contributed by atoms with Gasteiger partial charge < -0.3 is 4.74 Å². The average molecular weight is 319 g/mol. The summed E-state index contributed by atoms with van der Waals surface area (Å²) in [4.78, 5) is -0.194. The summed E-state index contributed by atoms with van der Waals surface area (Å²) in [6, 6.07) is 2.56. The molecule has 1 fully saturated rings. The van der Waals surface area contributed by atoms with Crippen molar-refractivity contribution in [2.24, 2.45) is 5.92 Å². The molecule has 3 atom stereocenters. The molecule has 1 aliphatic rings. The Balaban J connectivity index is 2.28. The van der Waals surface area contributed by atoms with Crippen LogP contribution < -0.4 is 0 Å². The Kier molecular flexibility index (Phi) is 4.38. The fraction of sp³-hybridized carbons (Fsp3) is 0.571. The van der Waals surface area contributed by atoms with E-state index in [-0.39, 0.29) is 28.5 Å². The summed E-state index contributed by atoms with van der Waals surface area (Å²) in [7, 11) is 0. The zero-order chi connectivity index (χ0) is 13.3. The highest BCUT2D eigenvalue weighted by Crippen LogP contribution is 2.41. The van der Waals surface area contributed by atoms with Crippen LogP contribution in [0.1, 0.15) is 35.7 Å². The van der Waals surface area contributed by atoms with E-state index in [0.717, 1.165) is 12.8 Å². The number of halogens is 3. The smallest absolute Gasteiger partial charge is 0.128 e. The maximum absolute atomic E-state index is 13.9. The average Bonchev–Trinajstić information content (AvgIpc) is 2.81. The molecule has 1 aromatic carbocycles. The van der Waals surface area contributed by atoms with Gasteiger partial charge in [0, 0.05) is 22.9 Å². The highest BCUT2D eigenvalue weighted by atomic mass is 79.9. The van der Waals surface area contributed by atoms with Gasteiger partial charge in [-0.2, -0.15) is 0 Å². The van der Waals surface area contributed by atoms with E-state index in [1.54, 1.807) is 6.92 Å². The molecule has 0 saturated carbocycles. The second-order valence-electron chi connectivity index (χ2n) is 4.79. The number of hydrogen-bond acceptors (Lipinski definition) is 1. The largest absolute Gasteiger partial charge is 0.378 e. The van der Waals surface area contributed by atoms with E-state index in [4.69, 9.17) is 4.74 Å². The van der Waals surface area contributed by atoms with Gasteiger partial charge in [-0.1, -0.05) is 22.9 Å². The molecule has 2 rings (SSSR count). The van der Waals surface area contributed by atoms with Crippen molar-refractivity contribution in [3.05, 3.63) is 34.9 Å². The molecule has 0 amide bonds. The van der Waals surface area contributed by atoms with Gasteiger partial charge in [-0.05, 0) is 37.5 Å². The normalized spacial score (nSPS) is 25.4. The lowest BCUT2D eigenvalue weighted by atomic mass is 9.91. The van der Waals surface area contributed by atoms with Gasteiger partial charge in [-0.15, -0.1) is 0 Å². The van der Waals surface area contributed by atoms with Gasteiger partial charge in [0.25, 0.3) is 0 Å². The van der Waals surface area contributed by atoms with Crippen LogP contribution >= 0.6 is 15.9 Å². The molecule has 0 aliphatic carbocycles. The van der Waals surface area contributed by atoms with E-state index in [9.17, 15) is 8.78 Å². The first kappa shape index (κ1) is 13.9. The summed E-state index contributed by atoms with van der Waals surface area (Å²) in [5.74, 6) is -0.507. The van der Waals surface area contributed by atoms with Crippen molar-refractivity contribution in [2.45, 2.75) is 37.6 Å². The Hall–Kier alpha value is -0.480. The molecule has 1 aromatic rings. The van der Waals surface area contributed by atoms with Gasteiger partial charge in [-0.3, -0.25) is 0 Å². The molecule has 1 nitrogen and oxygen atoms in total. The highest BCUT2D eigenvalue weighted by Gasteiger charge is 2.34. The summed E-state index contributed by atoms with van der Waals surface area (Å²) in [5.41, 5.74) is 0.734. The third kappa shape index (κ3) is 2.59. The molecular formula is C14H17BrF2O. The van der Waals surface area contributed by atoms with E-state index in [1.807, 2.05) is 0 Å². The fourth-order valence-electron chi connectivity index (χ4n) is 2.52. The van der Waals surface area contributed by atoms with Crippen LogP contribution in [0.3, 0.4) is 0 Å². The molecule has 3 unspecified atom stereocenters. The molecule has 0 radical (unpaired) electrons. The van der Waals surface area contributed by atoms with Crippen molar-refractivity contribution in [3.63, 3.8) is 0 Å². The summed E-state index contributed by atoms with van der Waals surface area (Å²) >= 11 is 3.52. The van der Waals surface area contributed by atoms with Crippen LogP contribution in [-0.4, -0.2) is 12.7 Å². The summed E-state index contributed by atoms with van der Waals surface area (Å²) in [6.07, 6.45) is 1.89. The van der Waals surface area contributed by atoms with E-state index in [1.165, 1.54) is 12.1 Å². The second-order valence-corrected chi connectivity index (χ2v) is 5.78. The SMILES string of the molecule is CCC1OCCC1C(Br)c1cc(F)c(C)cc1F. The molecule has 1 heterocycles. The fourth-order valence-corrected chi connectivity index (χ4v) is 3.48. The highest BCUT2D eigenvalue weighted by molar-refractivity contribution is 9.09. The predicted molar refractivity (Wildman–Crippen MR) is 70.9 cm³/mol. The van der Waals surface area contributed by atoms with Crippen LogP contribution in [0.4, 0.5) is 8.78 Å². The van der Waals surface area contributed by atoms with Gasteiger partial charge in [0.15, 0.2) is 0 Å². The lowest BCUT2D eigenvalue weighted by molar-refractivity contribution is 0.0871. The minimum Gasteiger partial charge on any atom is -0.378 e. The molecule has 100 valence electrons. The van der Waals surface area contributed by atoms with Crippen molar-refractivity contribution in [1.29, 1.82) is 0 Å². The van der Waals surface area contributed by atoms with Crippen LogP contribution in [0.2, 0.25) is 0 Å². The molecule has 4 heteroatoms. The van der Waals surface area contributed by atoms with Crippen molar-refractivity contribution < 1.29 is 13.5 Å². The van der Waals surface area contributed by atoms with Gasteiger partial charge in [0.1, 0.15) is 11.6 Å². The maximum atomic E-state index is 13.9. The van der Waals surface area contributed by atoms with Gasteiger partial charge >= 0.3 is 0 Å². The minimum atomic E-state index is -0.359. The van der Waals surface area contributed by atoms with Crippen LogP contribution in [-0.2, 0) is 4.74 Å². The lowest BCUT2D eigenvalue weighted by Gasteiger charge is -2.23. The Bertz CT molecular complexity index is 436. The molecule has 18 heavy (non-hydrogen) atoms. The minimum absolute atomic E-state index is 0.123. The first-order valence-electron chi connectivity index (χ1n) is 6.25. The van der Waals surface area contributed by atoms with Crippen LogP contribution in [0.25, 0.3) is 0 Å². The second kappa shape index (κ2) is 5.66. The van der Waals surface area contributed by atoms with Crippen LogP contribution in [0.15, 0.2) is 12.1 Å². The van der Waals surface area contributed by atoms with Crippen LogP contribution in [0.5, 0.6) is 0 Å². The van der Waals surface area contributed by atoms with Gasteiger partial charge in [0.2, 0.25) is 0 Å². The van der Waals surface area contributed by atoms with E-state index in [2.05, 4.69) is 22.9 Å². The van der Waals surface area contributed by atoms with E-state index in [0.29, 0.717) is 17.7 Å². The van der Waals surface area contributed by atoms with E-state index >= 15 is 0 Å². The third-order valence-electron chi connectivity index (χ3n) is 3.61. The summed E-state index contributed by atoms with van der Waals surface area (Å²) in [5, 5.41) is 0. The summed E-state index contributed by atoms with van der Waals surface area (Å²) in [6.45, 7) is 4.31. The quantitative estimate of drug-likeness (QED) is 0.744. The molecule has 0 N–H and O–H groups in total. The third-order valence-corrected chi connectivity index (χ3v) is 4.79. The Morgan fingerprint density at radius 1 is 1.39 bits per heavy atom. The van der Waals surface area contributed by atoms with Crippen molar-refractivity contribution in [2.75, 3.05) is 6.61 Å². The van der Waals surface area contributed by atoms with E-state index < -0.39 is 0 Å². The number of ether oxygens (including phenoxy) is 1. The molecule has 0 bridgehead atoms. The first-order valence-corrected chi connectivity index (χ1v) is 7.17. The molecule has 0 spiro atoms. The molecule has 1 saturated heterocycles. The van der Waals surface area contributed by atoms with Crippen LogP contribution in [0, 0.1) is 24.5 Å². The Morgan fingerprint density at radius 2 is 2.11 bits per heavy atom. The number of aryl methyl sites for hydroxylation is 1. The molecule has 0 aromatic heterocycles. The number of rotatable bonds is 3. The van der Waals surface area contributed by atoms with Crippen molar-refractivity contribution in [3.8, 4) is 0 Å². The lowest BCUT2D eigenvalue weighted by Crippen LogP contribution is -2.19. The predicted octanol–water partition coefficient (Wildman–Crippen LogP) is 4.52. The Labute approximate surface area is 115 Å². The monoisotopic (exact) mass is 318 g/mol. The summed E-state index contributed by atoms with van der Waals surface area (Å²) < 4.78 is 33.1. The number of alkyl halides is 1. The topological polar surface area (TPSA) is 9.23 Å². The number of benzene rings is 1. The maximum Gasteiger partial charge on any atom is 0.128 e. The zero-order valence-electron chi connectivity index (χ0n) is 10.6. The van der Waals surface area contributed by atoms with Crippen molar-refractivity contribution >= 4 is 15.9 Å².